The maximum Gasteiger partial charge on any atom is 0.164 e. The Balaban J connectivity index is 1.31. The minimum atomic E-state index is -0.612. The zero-order valence-corrected chi connectivity index (χ0v) is 27.0. The average Bonchev–Trinajstić information content (AvgIpc) is 3.49. The summed E-state index contributed by atoms with van der Waals surface area (Å²) in [5.74, 6) is 3.64. The zero-order chi connectivity index (χ0) is 33.1. The van der Waals surface area contributed by atoms with Crippen molar-refractivity contribution in [2.24, 2.45) is 0 Å². The van der Waals surface area contributed by atoms with E-state index in [-0.39, 0.29) is 0 Å². The summed E-state index contributed by atoms with van der Waals surface area (Å²) in [4.78, 5) is 15.4. The Kier molecular flexibility index (Phi) is 6.36. The monoisotopic (exact) mass is 639 g/mol. The van der Waals surface area contributed by atoms with Crippen molar-refractivity contribution in [3.8, 4) is 67.9 Å². The maximum absolute atomic E-state index is 6.60. The number of nitrogens with zero attached hydrogens (tertiary/aromatic N) is 3. The van der Waals surface area contributed by atoms with Crippen LogP contribution in [-0.4, -0.2) is 15.0 Å². The fourth-order valence-corrected chi connectivity index (χ4v) is 7.88. The summed E-state index contributed by atoms with van der Waals surface area (Å²) in [6.07, 6.45) is 0. The Bertz CT molecular complexity index is 2460. The molecule has 0 unspecified atom stereocenters. The third kappa shape index (κ3) is 4.22. The van der Waals surface area contributed by atoms with E-state index in [0.717, 1.165) is 56.0 Å². The topological polar surface area (TPSA) is 47.9 Å². The second-order valence-electron chi connectivity index (χ2n) is 12.7. The quantitative estimate of drug-likeness (QED) is 0.192. The summed E-state index contributed by atoms with van der Waals surface area (Å²) >= 11 is 0. The first-order valence-electron chi connectivity index (χ1n) is 16.9. The van der Waals surface area contributed by atoms with E-state index in [2.05, 4.69) is 127 Å². The van der Waals surface area contributed by atoms with E-state index in [1.165, 1.54) is 16.7 Å². The predicted octanol–water partition coefficient (Wildman–Crippen LogP) is 11.0. The van der Waals surface area contributed by atoms with Gasteiger partial charge in [0.15, 0.2) is 17.5 Å². The van der Waals surface area contributed by atoms with Gasteiger partial charge in [-0.3, -0.25) is 0 Å². The fourth-order valence-electron chi connectivity index (χ4n) is 7.88. The summed E-state index contributed by atoms with van der Waals surface area (Å²) < 4.78 is 6.60. The lowest BCUT2D eigenvalue weighted by atomic mass is 9.66. The molecular weight excluding hydrogens is 611 g/mol. The van der Waals surface area contributed by atoms with Crippen molar-refractivity contribution in [3.05, 3.63) is 198 Å². The molecule has 0 radical (unpaired) electrons. The fraction of sp³-hybridized carbons (Fsp3) is 0.0217. The van der Waals surface area contributed by atoms with Gasteiger partial charge in [0.1, 0.15) is 11.5 Å². The average molecular weight is 640 g/mol. The van der Waals surface area contributed by atoms with Gasteiger partial charge in [-0.15, -0.1) is 0 Å². The largest absolute Gasteiger partial charge is 0.457 e. The third-order valence-corrected chi connectivity index (χ3v) is 10.0. The highest BCUT2D eigenvalue weighted by Crippen LogP contribution is 2.63. The molecule has 1 aliphatic carbocycles. The van der Waals surface area contributed by atoms with Gasteiger partial charge in [0.25, 0.3) is 0 Å². The minimum Gasteiger partial charge on any atom is -0.457 e. The van der Waals surface area contributed by atoms with Crippen molar-refractivity contribution in [1.82, 2.24) is 15.0 Å². The highest BCUT2D eigenvalue weighted by Gasteiger charge is 2.51. The molecule has 4 nitrogen and oxygen atoms in total. The van der Waals surface area contributed by atoms with E-state index in [1.54, 1.807) is 0 Å². The van der Waals surface area contributed by atoms with E-state index < -0.39 is 5.41 Å². The van der Waals surface area contributed by atoms with Crippen LogP contribution in [0.2, 0.25) is 0 Å². The number of hydrogen-bond donors (Lipinski definition) is 0. The van der Waals surface area contributed by atoms with Crippen LogP contribution in [0.25, 0.3) is 56.4 Å². The number of ether oxygens (including phenoxy) is 1. The molecule has 0 saturated heterocycles. The van der Waals surface area contributed by atoms with Crippen LogP contribution in [0.3, 0.4) is 0 Å². The van der Waals surface area contributed by atoms with Gasteiger partial charge in [0.05, 0.1) is 5.41 Å². The number of aromatic nitrogens is 3. The van der Waals surface area contributed by atoms with E-state index in [1.807, 2.05) is 48.5 Å². The summed E-state index contributed by atoms with van der Waals surface area (Å²) in [6.45, 7) is 0. The van der Waals surface area contributed by atoms with Crippen molar-refractivity contribution in [1.29, 1.82) is 0 Å². The van der Waals surface area contributed by atoms with Crippen molar-refractivity contribution in [3.63, 3.8) is 0 Å². The molecule has 2 aliphatic rings. The third-order valence-electron chi connectivity index (χ3n) is 10.0. The molecule has 4 heteroatoms. The molecule has 2 heterocycles. The Morgan fingerprint density at radius 1 is 0.340 bits per heavy atom. The lowest BCUT2D eigenvalue weighted by molar-refractivity contribution is 0.436. The smallest absolute Gasteiger partial charge is 0.164 e. The molecule has 10 rings (SSSR count). The zero-order valence-electron chi connectivity index (χ0n) is 27.0. The molecule has 0 N–H and O–H groups in total. The molecule has 1 spiro atoms. The molecule has 0 bridgehead atoms. The second-order valence-corrected chi connectivity index (χ2v) is 12.7. The van der Waals surface area contributed by atoms with Gasteiger partial charge in [0.2, 0.25) is 0 Å². The molecule has 0 fully saturated rings. The van der Waals surface area contributed by atoms with Gasteiger partial charge in [0, 0.05) is 27.8 Å². The number of fused-ring (bicyclic) bond motifs is 9. The van der Waals surface area contributed by atoms with Crippen molar-refractivity contribution >= 4 is 0 Å². The van der Waals surface area contributed by atoms with Gasteiger partial charge in [-0.05, 0) is 51.6 Å². The Hall–Kier alpha value is -6.65. The molecule has 8 aromatic rings. The Labute approximate surface area is 290 Å². The van der Waals surface area contributed by atoms with Crippen molar-refractivity contribution in [2.45, 2.75) is 5.41 Å². The summed E-state index contributed by atoms with van der Waals surface area (Å²) in [7, 11) is 0. The highest BCUT2D eigenvalue weighted by molar-refractivity contribution is 5.97. The predicted molar refractivity (Wildman–Crippen MR) is 199 cm³/mol. The first-order valence-corrected chi connectivity index (χ1v) is 16.9. The molecular formula is C46H29N3O. The molecule has 1 aromatic heterocycles. The molecule has 0 saturated carbocycles. The van der Waals surface area contributed by atoms with E-state index >= 15 is 0 Å². The molecule has 0 atom stereocenters. The molecule has 234 valence electrons. The van der Waals surface area contributed by atoms with E-state index in [0.29, 0.717) is 17.5 Å². The first kappa shape index (κ1) is 28.4. The molecule has 0 amide bonds. The van der Waals surface area contributed by atoms with Crippen LogP contribution in [0, 0.1) is 0 Å². The van der Waals surface area contributed by atoms with Crippen LogP contribution in [0.4, 0.5) is 0 Å². The number of hydrogen-bond acceptors (Lipinski definition) is 4. The summed E-state index contributed by atoms with van der Waals surface area (Å²) in [5, 5.41) is 0. The number of para-hydroxylation sites is 2. The molecule has 7 aromatic carbocycles. The van der Waals surface area contributed by atoms with Crippen LogP contribution in [0.1, 0.15) is 22.3 Å². The standard InChI is InChI=1S/C46H29N3O/c1-4-15-30(16-5-1)33-27-28-36-35(29-33)42-34(45-48-43(31-17-6-2-7-18-31)47-44(49-45)32-19-8-3-9-20-32)21-14-24-39(42)46(36)37-22-10-12-25-40(37)50-41-26-13-11-23-38(41)46/h1-29H. The van der Waals surface area contributed by atoms with Crippen molar-refractivity contribution < 1.29 is 4.74 Å². The van der Waals surface area contributed by atoms with Gasteiger partial charge in [-0.2, -0.15) is 0 Å². The van der Waals surface area contributed by atoms with E-state index in [4.69, 9.17) is 19.7 Å². The van der Waals surface area contributed by atoms with E-state index in [9.17, 15) is 0 Å². The summed E-state index contributed by atoms with van der Waals surface area (Å²) in [6, 6.07) is 61.3. The van der Waals surface area contributed by atoms with Gasteiger partial charge >= 0.3 is 0 Å². The second kappa shape index (κ2) is 11.2. The van der Waals surface area contributed by atoms with Crippen LogP contribution in [0.15, 0.2) is 176 Å². The highest BCUT2D eigenvalue weighted by atomic mass is 16.5. The maximum atomic E-state index is 6.60. The lowest BCUT2D eigenvalue weighted by Crippen LogP contribution is -2.32. The van der Waals surface area contributed by atoms with Gasteiger partial charge in [-0.25, -0.2) is 15.0 Å². The summed E-state index contributed by atoms with van der Waals surface area (Å²) in [5.41, 5.74) is 11.5. The number of rotatable bonds is 4. The molecule has 50 heavy (non-hydrogen) atoms. The lowest BCUT2D eigenvalue weighted by Gasteiger charge is -2.39. The Morgan fingerprint density at radius 2 is 0.840 bits per heavy atom. The minimum absolute atomic E-state index is 0.612. The van der Waals surface area contributed by atoms with Crippen LogP contribution in [0.5, 0.6) is 11.5 Å². The van der Waals surface area contributed by atoms with Gasteiger partial charge in [-0.1, -0.05) is 158 Å². The van der Waals surface area contributed by atoms with Crippen LogP contribution in [-0.2, 0) is 5.41 Å². The Morgan fingerprint density at radius 3 is 1.44 bits per heavy atom. The SMILES string of the molecule is c1ccc(-c2ccc3c(c2)-c2c(-c4nc(-c5ccccc5)nc(-c5ccccc5)n4)cccc2C32c3ccccc3Oc3ccccc32)cc1. The van der Waals surface area contributed by atoms with Crippen LogP contribution >= 0.6 is 0 Å². The first-order chi connectivity index (χ1) is 24.8. The van der Waals surface area contributed by atoms with Crippen LogP contribution < -0.4 is 4.74 Å². The molecule has 1 aliphatic heterocycles. The number of benzene rings is 7. The normalized spacial score (nSPS) is 13.1. The van der Waals surface area contributed by atoms with Gasteiger partial charge < -0.3 is 4.74 Å². The van der Waals surface area contributed by atoms with Crippen molar-refractivity contribution in [2.75, 3.05) is 0 Å².